The number of thioether (sulfide) groups is 4. The molecule has 0 spiro atoms. The zero-order valence-corrected chi connectivity index (χ0v) is 58.9. The van der Waals surface area contributed by atoms with Crippen molar-refractivity contribution in [2.75, 3.05) is 158 Å². The Morgan fingerprint density at radius 2 is 1.07 bits per heavy atom. The molecule has 1 aromatic rings. The number of amides is 12. The number of nitrogens with two attached hydrogens (primary N) is 3. The van der Waals surface area contributed by atoms with E-state index in [-0.39, 0.29) is 118 Å². The van der Waals surface area contributed by atoms with Crippen LogP contribution in [0.5, 0.6) is 0 Å². The van der Waals surface area contributed by atoms with E-state index in [0.717, 1.165) is 35.3 Å². The van der Waals surface area contributed by atoms with Gasteiger partial charge in [0.15, 0.2) is 5.96 Å². The largest absolute Gasteiger partial charge is 0.481 e. The molecule has 562 valence electrons. The lowest BCUT2D eigenvalue weighted by Crippen LogP contribution is -2.60. The Labute approximate surface area is 595 Å². The van der Waals surface area contributed by atoms with Crippen molar-refractivity contribution in [1.29, 1.82) is 0 Å². The van der Waals surface area contributed by atoms with Crippen LogP contribution in [0.25, 0.3) is 0 Å². The molecule has 0 aliphatic carbocycles. The number of benzene rings is 1. The van der Waals surface area contributed by atoms with Crippen LogP contribution in [0.1, 0.15) is 50.5 Å². The van der Waals surface area contributed by atoms with E-state index < -0.39 is 152 Å². The average Bonchev–Trinajstić information content (AvgIpc) is 0.963. The highest BCUT2D eigenvalue weighted by atomic mass is 32.2. The second kappa shape index (κ2) is 53.5. The molecule has 40 heteroatoms. The maximum absolute atomic E-state index is 14.4. The summed E-state index contributed by atoms with van der Waals surface area (Å²) < 4.78 is 44.7. The third-order valence-corrected chi connectivity index (χ3v) is 18.3. The minimum atomic E-state index is -1.80. The van der Waals surface area contributed by atoms with Crippen LogP contribution >= 0.6 is 47.0 Å². The summed E-state index contributed by atoms with van der Waals surface area (Å²) in [5, 5.41) is 38.0. The molecule has 1 aromatic carbocycles. The molecule has 100 heavy (non-hydrogen) atoms. The van der Waals surface area contributed by atoms with Crippen molar-refractivity contribution < 1.29 is 100 Å². The molecule has 35 nitrogen and oxygen atoms in total. The molecule has 0 aromatic heterocycles. The number of hydrogen-bond acceptors (Lipinski definition) is 24. The number of ether oxygens (including phenoxy) is 6. The van der Waals surface area contributed by atoms with Crippen molar-refractivity contribution in [2.45, 2.75) is 93.7 Å². The SMILES string of the molecule is NC(=O)[C@@H]1CSCC(=O)N[C@@H](CCCCNC(=O)COCC(=O)NCCOCCOCCOCCOCCOCCNC(=O)CSCCCF)C(=O)N[C@H]2CSCSC[C@H](NC(=O)[C@H](CC(=O)O)NC(=O)CNC(=O)[C@H](CCCN=C(N)N)NC2=O)C(=O)N[C@@H](Cc2ccccc2)C(=O)N1. The van der Waals surface area contributed by atoms with Crippen molar-refractivity contribution in [3.05, 3.63) is 35.9 Å². The summed E-state index contributed by atoms with van der Waals surface area (Å²) in [6.07, 6.45) is -0.299. The smallest absolute Gasteiger partial charge is 0.305 e. The lowest BCUT2D eigenvalue weighted by Gasteiger charge is -2.26. The van der Waals surface area contributed by atoms with Gasteiger partial charge in [-0.25, -0.2) is 0 Å². The molecule has 2 aliphatic rings. The Hall–Kier alpha value is -7.31. The first-order valence-electron chi connectivity index (χ1n) is 32.3. The molecular formula is C60H96FN15O20S4. The van der Waals surface area contributed by atoms with Gasteiger partial charge >= 0.3 is 5.97 Å². The Morgan fingerprint density at radius 3 is 1.64 bits per heavy atom. The van der Waals surface area contributed by atoms with Crippen molar-refractivity contribution in [2.24, 2.45) is 22.2 Å². The summed E-state index contributed by atoms with van der Waals surface area (Å²) in [7, 11) is 0. The third kappa shape index (κ3) is 41.4. The van der Waals surface area contributed by atoms with E-state index in [1.165, 1.54) is 11.8 Å². The Balaban J connectivity index is 1.61. The van der Waals surface area contributed by atoms with E-state index in [1.807, 2.05) is 0 Å². The lowest BCUT2D eigenvalue weighted by molar-refractivity contribution is -0.141. The molecular weight excluding hydrogens is 1400 g/mol. The molecule has 0 unspecified atom stereocenters. The van der Waals surface area contributed by atoms with Gasteiger partial charge in [-0.3, -0.25) is 71.7 Å². The van der Waals surface area contributed by atoms with Crippen molar-refractivity contribution >= 4 is 130 Å². The van der Waals surface area contributed by atoms with Crippen LogP contribution in [0.2, 0.25) is 0 Å². The Bertz CT molecular complexity index is 2760. The van der Waals surface area contributed by atoms with Gasteiger partial charge in [0, 0.05) is 54.9 Å². The van der Waals surface area contributed by atoms with Crippen LogP contribution in [0, 0.1) is 0 Å². The van der Waals surface area contributed by atoms with Gasteiger partial charge in [-0.1, -0.05) is 30.3 Å². The highest BCUT2D eigenvalue weighted by Crippen LogP contribution is 2.17. The molecule has 7 atom stereocenters. The van der Waals surface area contributed by atoms with E-state index in [2.05, 4.69) is 63.5 Å². The second-order valence-electron chi connectivity index (χ2n) is 22.0. The number of alkyl halides is 1. The van der Waals surface area contributed by atoms with Gasteiger partial charge < -0.3 is 109 Å². The number of aliphatic carboxylic acids is 1. The number of nitrogens with zero attached hydrogens (tertiary/aromatic N) is 1. The van der Waals surface area contributed by atoms with E-state index in [0.29, 0.717) is 70.5 Å². The molecule has 2 bridgehead atoms. The molecule has 3 rings (SSSR count). The minimum Gasteiger partial charge on any atom is -0.481 e. The zero-order chi connectivity index (χ0) is 73.1. The number of carbonyl (C=O) groups excluding carboxylic acids is 12. The minimum absolute atomic E-state index is 0.00890. The van der Waals surface area contributed by atoms with Crippen molar-refractivity contribution in [1.82, 2.24) is 58.5 Å². The number of halogens is 1. The van der Waals surface area contributed by atoms with Crippen LogP contribution in [0.4, 0.5) is 4.39 Å². The van der Waals surface area contributed by atoms with Gasteiger partial charge in [0.1, 0.15) is 55.5 Å². The first-order valence-corrected chi connectivity index (χ1v) is 36.9. The molecule has 0 radical (unpaired) electrons. The summed E-state index contributed by atoms with van der Waals surface area (Å²) >= 11 is 4.38. The number of rotatable bonds is 41. The van der Waals surface area contributed by atoms with Gasteiger partial charge in [-0.05, 0) is 49.8 Å². The fraction of sp³-hybridized carbons (Fsp3) is 0.667. The normalized spacial score (nSPS) is 20.3. The number of fused-ring (bicyclic) bond motifs is 6. The summed E-state index contributed by atoms with van der Waals surface area (Å²) in [6, 6.07) is -1.94. The monoisotopic (exact) mass is 1490 g/mol. The van der Waals surface area contributed by atoms with Crippen LogP contribution in [0.15, 0.2) is 35.3 Å². The number of aliphatic imine (C=N–C) groups is 1. The summed E-state index contributed by atoms with van der Waals surface area (Å²) in [5.41, 5.74) is 17.3. The molecule has 0 saturated carbocycles. The molecule has 2 aliphatic heterocycles. The number of carboxylic acid groups (broad SMARTS) is 1. The van der Waals surface area contributed by atoms with Crippen LogP contribution in [-0.2, 0) is 97.2 Å². The molecule has 2 fully saturated rings. The Kier molecular flexibility index (Phi) is 46.5. The molecule has 2 heterocycles. The van der Waals surface area contributed by atoms with Crippen LogP contribution in [0.3, 0.4) is 0 Å². The molecule has 12 amide bonds. The van der Waals surface area contributed by atoms with Gasteiger partial charge in [0.05, 0.1) is 97.2 Å². The molecule has 18 N–H and O–H groups in total. The quantitative estimate of drug-likeness (QED) is 0.0165. The summed E-state index contributed by atoms with van der Waals surface area (Å²) in [6.45, 7) is 1.69. The number of primary amides is 1. The predicted octanol–water partition coefficient (Wildman–Crippen LogP) is -5.35. The van der Waals surface area contributed by atoms with Gasteiger partial charge in [-0.15, -0.1) is 35.3 Å². The standard InChI is InChI=1S/C60H96FN15O20S4/c61-12-7-27-97-36-50(80)67-16-18-92-20-22-94-24-26-95-25-23-93-21-19-91-17-15-66-49(79)32-96-31-48(78)65-13-5-4-10-41-55(86)75-45-34-99-38-100-35-46(59(90)73-42(28-39-8-2-1-3-9-39)56(87)74-44(53(62)84)33-98-37-51(81)70-41)76-57(88)43(29-52(82)83)71-47(77)30-69-54(85)40(72-58(45)89)11-6-14-68-60(63)64/h1-3,8-9,40-46H,4-7,10-38H2,(H2,62,84)(H,65,78)(H,66,79)(H,67,80)(H,69,85)(H,70,81)(H,71,77)(H,72,89)(H,73,90)(H,74,87)(H,75,86)(H,76,88)(H,82,83)(H4,63,64,68)/t40-,41-,42-,43-,44-,45-,46-/m0/s1. The van der Waals surface area contributed by atoms with Gasteiger partial charge in [-0.2, -0.15) is 11.8 Å². The van der Waals surface area contributed by atoms with Crippen LogP contribution in [-0.4, -0.2) is 288 Å². The fourth-order valence-corrected chi connectivity index (χ4v) is 12.6. The fourth-order valence-electron chi connectivity index (χ4n) is 8.76. The molecule has 2 saturated heterocycles. The number of carboxylic acids is 1. The summed E-state index contributed by atoms with van der Waals surface area (Å²) in [5.74, 6) is -11.5. The number of carbonyl (C=O) groups is 13. The number of nitrogens with one attached hydrogen (secondary N) is 11. The number of hydrogen-bond donors (Lipinski definition) is 15. The van der Waals surface area contributed by atoms with E-state index in [1.54, 1.807) is 30.3 Å². The predicted molar refractivity (Wildman–Crippen MR) is 371 cm³/mol. The maximum atomic E-state index is 14.4. The number of unbranched alkanes of at least 4 members (excludes halogenated alkanes) is 1. The first-order chi connectivity index (χ1) is 48.1. The maximum Gasteiger partial charge on any atom is 0.305 e. The van der Waals surface area contributed by atoms with Gasteiger partial charge in [0.25, 0.3) is 0 Å². The van der Waals surface area contributed by atoms with Crippen LogP contribution < -0.4 is 75.7 Å². The average molecular weight is 1490 g/mol. The first kappa shape index (κ1) is 86.9. The van der Waals surface area contributed by atoms with E-state index in [4.69, 9.17) is 45.6 Å². The third-order valence-electron chi connectivity index (χ3n) is 13.8. The van der Waals surface area contributed by atoms with Crippen molar-refractivity contribution in [3.63, 3.8) is 0 Å². The topological polar surface area (TPSA) is 520 Å². The highest BCUT2D eigenvalue weighted by molar-refractivity contribution is 8.16. The highest BCUT2D eigenvalue weighted by Gasteiger charge is 2.35. The van der Waals surface area contributed by atoms with E-state index in [9.17, 15) is 71.8 Å². The van der Waals surface area contributed by atoms with Crippen molar-refractivity contribution in [3.8, 4) is 0 Å². The zero-order valence-electron chi connectivity index (χ0n) is 55.7. The van der Waals surface area contributed by atoms with Gasteiger partial charge in [0.2, 0.25) is 70.9 Å². The number of guanidine groups is 1. The summed E-state index contributed by atoms with van der Waals surface area (Å²) in [4.78, 5) is 177. The van der Waals surface area contributed by atoms with E-state index >= 15 is 0 Å². The Morgan fingerprint density at radius 1 is 0.550 bits per heavy atom. The second-order valence-corrected chi connectivity index (χ2v) is 26.5. The lowest BCUT2D eigenvalue weighted by atomic mass is 10.0.